The topological polar surface area (TPSA) is 76.2 Å². The normalized spacial score (nSPS) is 10.6. The van der Waals surface area contributed by atoms with Crippen LogP contribution in [-0.4, -0.2) is 27.0 Å². The third-order valence-corrected chi connectivity index (χ3v) is 3.48. The zero-order chi connectivity index (χ0) is 11.5. The molecule has 0 unspecified atom stereocenters. The van der Waals surface area contributed by atoms with E-state index in [0.29, 0.717) is 5.89 Å². The average molecular weight is 256 g/mol. The van der Waals surface area contributed by atoms with Crippen LogP contribution in [0, 0.1) is 6.92 Å². The lowest BCUT2D eigenvalue weighted by Gasteiger charge is -1.91. The van der Waals surface area contributed by atoms with Gasteiger partial charge in [-0.1, -0.05) is 11.8 Å². The molecule has 2 rings (SSSR count). The zero-order valence-corrected chi connectivity index (χ0v) is 9.97. The van der Waals surface area contributed by atoms with Gasteiger partial charge in [-0.05, 0) is 17.9 Å². The van der Waals surface area contributed by atoms with Gasteiger partial charge in [-0.3, -0.25) is 4.79 Å². The van der Waals surface area contributed by atoms with Crippen molar-refractivity contribution in [2.24, 2.45) is 0 Å². The molecule has 0 atom stereocenters. The van der Waals surface area contributed by atoms with E-state index in [9.17, 15) is 4.79 Å². The van der Waals surface area contributed by atoms with E-state index in [0.717, 1.165) is 22.9 Å². The number of carboxylic acid groups (broad SMARTS) is 1. The SMILES string of the molecule is Cc1cscc1-c1nnc(SCC(=O)O)o1. The Kier molecular flexibility index (Phi) is 3.25. The molecule has 5 nitrogen and oxygen atoms in total. The van der Waals surface area contributed by atoms with Crippen molar-refractivity contribution in [3.63, 3.8) is 0 Å². The Morgan fingerprint density at radius 1 is 1.56 bits per heavy atom. The number of rotatable bonds is 4. The summed E-state index contributed by atoms with van der Waals surface area (Å²) < 4.78 is 5.34. The number of aromatic nitrogens is 2. The van der Waals surface area contributed by atoms with E-state index < -0.39 is 5.97 Å². The first-order valence-corrected chi connectivity index (χ1v) is 6.31. The Morgan fingerprint density at radius 3 is 3.00 bits per heavy atom. The second kappa shape index (κ2) is 4.67. The van der Waals surface area contributed by atoms with Gasteiger partial charge in [0, 0.05) is 5.38 Å². The van der Waals surface area contributed by atoms with Crippen LogP contribution in [0.1, 0.15) is 5.56 Å². The van der Waals surface area contributed by atoms with E-state index in [-0.39, 0.29) is 11.0 Å². The van der Waals surface area contributed by atoms with Crippen LogP contribution >= 0.6 is 23.1 Å². The fraction of sp³-hybridized carbons (Fsp3) is 0.222. The molecule has 16 heavy (non-hydrogen) atoms. The molecule has 0 spiro atoms. The smallest absolute Gasteiger partial charge is 0.314 e. The molecule has 2 heterocycles. The third kappa shape index (κ3) is 2.42. The van der Waals surface area contributed by atoms with Crippen LogP contribution in [-0.2, 0) is 4.79 Å². The van der Waals surface area contributed by atoms with Crippen molar-refractivity contribution >= 4 is 29.1 Å². The van der Waals surface area contributed by atoms with Gasteiger partial charge in [0.2, 0.25) is 5.89 Å². The average Bonchev–Trinajstić information content (AvgIpc) is 2.83. The Balaban J connectivity index is 2.14. The molecule has 0 fully saturated rings. The predicted molar refractivity (Wildman–Crippen MR) is 60.7 cm³/mol. The maximum atomic E-state index is 10.4. The van der Waals surface area contributed by atoms with Crippen LogP contribution in [0.5, 0.6) is 0 Å². The maximum Gasteiger partial charge on any atom is 0.314 e. The molecule has 84 valence electrons. The molecular weight excluding hydrogens is 248 g/mol. The number of hydrogen-bond acceptors (Lipinski definition) is 6. The first kappa shape index (κ1) is 11.2. The standard InChI is InChI=1S/C9H8N2O3S2/c1-5-2-15-3-6(5)8-10-11-9(14-8)16-4-7(12)13/h2-3H,4H2,1H3,(H,12,13). The zero-order valence-electron chi connectivity index (χ0n) is 8.34. The van der Waals surface area contributed by atoms with E-state index in [1.165, 1.54) is 0 Å². The molecule has 2 aromatic heterocycles. The van der Waals surface area contributed by atoms with E-state index in [1.807, 2.05) is 17.7 Å². The van der Waals surface area contributed by atoms with E-state index in [2.05, 4.69) is 10.2 Å². The molecule has 0 saturated carbocycles. The quantitative estimate of drug-likeness (QED) is 0.846. The van der Waals surface area contributed by atoms with Crippen molar-refractivity contribution in [2.75, 3.05) is 5.75 Å². The number of thioether (sulfide) groups is 1. The van der Waals surface area contributed by atoms with E-state index >= 15 is 0 Å². The molecule has 0 aliphatic heterocycles. The van der Waals surface area contributed by atoms with Crippen LogP contribution in [0.3, 0.4) is 0 Å². The molecule has 0 bridgehead atoms. The van der Waals surface area contributed by atoms with Crippen molar-refractivity contribution < 1.29 is 14.3 Å². The minimum Gasteiger partial charge on any atom is -0.481 e. The molecule has 2 aromatic rings. The highest BCUT2D eigenvalue weighted by molar-refractivity contribution is 7.99. The monoisotopic (exact) mass is 256 g/mol. The largest absolute Gasteiger partial charge is 0.481 e. The van der Waals surface area contributed by atoms with Crippen LogP contribution in [0.2, 0.25) is 0 Å². The highest BCUT2D eigenvalue weighted by atomic mass is 32.2. The van der Waals surface area contributed by atoms with Crippen LogP contribution < -0.4 is 0 Å². The van der Waals surface area contributed by atoms with Gasteiger partial charge in [0.05, 0.1) is 5.56 Å². The van der Waals surface area contributed by atoms with Crippen LogP contribution in [0.4, 0.5) is 0 Å². The summed E-state index contributed by atoms with van der Waals surface area (Å²) in [6.07, 6.45) is 0. The number of carboxylic acids is 1. The van der Waals surface area contributed by atoms with Crippen molar-refractivity contribution in [1.82, 2.24) is 10.2 Å². The van der Waals surface area contributed by atoms with Crippen molar-refractivity contribution in [3.8, 4) is 11.5 Å². The van der Waals surface area contributed by atoms with Gasteiger partial charge < -0.3 is 9.52 Å². The molecular formula is C9H8N2O3S2. The molecule has 1 N–H and O–H groups in total. The van der Waals surface area contributed by atoms with Gasteiger partial charge in [-0.25, -0.2) is 0 Å². The van der Waals surface area contributed by atoms with Gasteiger partial charge in [0.15, 0.2) is 0 Å². The van der Waals surface area contributed by atoms with Crippen LogP contribution in [0.25, 0.3) is 11.5 Å². The fourth-order valence-electron chi connectivity index (χ4n) is 1.08. The summed E-state index contributed by atoms with van der Waals surface area (Å²) in [6.45, 7) is 1.96. The third-order valence-electron chi connectivity index (χ3n) is 1.81. The highest BCUT2D eigenvalue weighted by Crippen LogP contribution is 2.27. The van der Waals surface area contributed by atoms with Crippen LogP contribution in [0.15, 0.2) is 20.4 Å². The summed E-state index contributed by atoms with van der Waals surface area (Å²) in [7, 11) is 0. The molecule has 0 saturated heterocycles. The first-order valence-electron chi connectivity index (χ1n) is 4.38. The summed E-state index contributed by atoms with van der Waals surface area (Å²) in [6, 6.07) is 0. The lowest BCUT2D eigenvalue weighted by atomic mass is 10.2. The summed E-state index contributed by atoms with van der Waals surface area (Å²) in [5.74, 6) is -0.548. The number of aliphatic carboxylic acids is 1. The Hall–Kier alpha value is -1.34. The summed E-state index contributed by atoms with van der Waals surface area (Å²) in [5.41, 5.74) is 1.98. The van der Waals surface area contributed by atoms with Crippen molar-refractivity contribution in [1.29, 1.82) is 0 Å². The maximum absolute atomic E-state index is 10.4. The summed E-state index contributed by atoms with van der Waals surface area (Å²) in [4.78, 5) is 10.4. The lowest BCUT2D eigenvalue weighted by molar-refractivity contribution is -0.133. The van der Waals surface area contributed by atoms with E-state index in [1.54, 1.807) is 11.3 Å². The second-order valence-electron chi connectivity index (χ2n) is 3.02. The predicted octanol–water partition coefficient (Wildman–Crippen LogP) is 2.28. The van der Waals surface area contributed by atoms with Crippen molar-refractivity contribution in [2.45, 2.75) is 12.1 Å². The fourth-order valence-corrected chi connectivity index (χ4v) is 2.39. The number of carbonyl (C=O) groups is 1. The van der Waals surface area contributed by atoms with Gasteiger partial charge in [0.25, 0.3) is 5.22 Å². The number of nitrogens with zero attached hydrogens (tertiary/aromatic N) is 2. The van der Waals surface area contributed by atoms with Crippen molar-refractivity contribution in [3.05, 3.63) is 16.3 Å². The molecule has 0 radical (unpaired) electrons. The van der Waals surface area contributed by atoms with Gasteiger partial charge in [-0.15, -0.1) is 10.2 Å². The first-order chi connectivity index (χ1) is 7.66. The molecule has 0 aromatic carbocycles. The second-order valence-corrected chi connectivity index (χ2v) is 4.69. The molecule has 7 heteroatoms. The Labute approximate surface area is 99.5 Å². The molecule has 0 aliphatic rings. The van der Waals surface area contributed by atoms with Gasteiger partial charge in [0.1, 0.15) is 5.75 Å². The minimum absolute atomic E-state index is 0.0791. The minimum atomic E-state index is -0.906. The highest BCUT2D eigenvalue weighted by Gasteiger charge is 2.12. The summed E-state index contributed by atoms with van der Waals surface area (Å²) in [5, 5.41) is 20.3. The number of aryl methyl sites for hydroxylation is 1. The number of hydrogen-bond donors (Lipinski definition) is 1. The van der Waals surface area contributed by atoms with E-state index in [4.69, 9.17) is 9.52 Å². The molecule has 0 amide bonds. The Bertz CT molecular complexity index is 506. The van der Waals surface area contributed by atoms with Gasteiger partial charge >= 0.3 is 5.97 Å². The van der Waals surface area contributed by atoms with Gasteiger partial charge in [-0.2, -0.15) is 11.3 Å². The molecule has 0 aliphatic carbocycles. The summed E-state index contributed by atoms with van der Waals surface area (Å²) >= 11 is 2.58. The number of thiophene rings is 1. The Morgan fingerprint density at radius 2 is 2.38 bits per heavy atom. The lowest BCUT2D eigenvalue weighted by Crippen LogP contribution is -1.97.